The number of nitrogens with one attached hydrogen (secondary N) is 1. The Labute approximate surface area is 180 Å². The summed E-state index contributed by atoms with van der Waals surface area (Å²) in [6, 6.07) is 8.17. The van der Waals surface area contributed by atoms with Crippen molar-refractivity contribution >= 4 is 39.9 Å². The zero-order valence-electron chi connectivity index (χ0n) is 15.8. The fourth-order valence-electron chi connectivity index (χ4n) is 3.36. The molecule has 0 radical (unpaired) electrons. The number of alkyl halides is 6. The van der Waals surface area contributed by atoms with Gasteiger partial charge in [0, 0.05) is 23.6 Å². The van der Waals surface area contributed by atoms with Gasteiger partial charge in [0.25, 0.3) is 11.1 Å². The van der Waals surface area contributed by atoms with E-state index in [1.165, 1.54) is 16.8 Å². The molecule has 4 rings (SSSR count). The maximum atomic E-state index is 13.4. The normalized spacial score (nSPS) is 16.2. The number of nitrogens with zero attached hydrogens (tertiary/aromatic N) is 1. The van der Waals surface area contributed by atoms with E-state index in [9.17, 15) is 35.9 Å². The molecule has 0 saturated carbocycles. The van der Waals surface area contributed by atoms with Crippen molar-refractivity contribution in [1.82, 2.24) is 9.88 Å². The first-order chi connectivity index (χ1) is 14.9. The third-order valence-corrected chi connectivity index (χ3v) is 5.63. The highest BCUT2D eigenvalue weighted by atomic mass is 32.2. The minimum atomic E-state index is -4.95. The molecule has 1 N–H and O–H groups in total. The van der Waals surface area contributed by atoms with Gasteiger partial charge >= 0.3 is 12.4 Å². The van der Waals surface area contributed by atoms with E-state index in [0.717, 1.165) is 17.8 Å². The molecule has 0 unspecified atom stereocenters. The number of rotatable bonds is 3. The zero-order valence-corrected chi connectivity index (χ0v) is 16.7. The lowest BCUT2D eigenvalue weighted by atomic mass is 10.0. The molecule has 2 amide bonds. The van der Waals surface area contributed by atoms with Crippen LogP contribution in [0.5, 0.6) is 0 Å². The second-order valence-electron chi connectivity index (χ2n) is 6.98. The van der Waals surface area contributed by atoms with Crippen LogP contribution in [0.2, 0.25) is 0 Å². The summed E-state index contributed by atoms with van der Waals surface area (Å²) < 4.78 is 80.4. The molecule has 0 aliphatic carbocycles. The minimum Gasteiger partial charge on any atom is -0.343 e. The van der Waals surface area contributed by atoms with Crippen LogP contribution in [0.3, 0.4) is 0 Å². The van der Waals surface area contributed by atoms with Gasteiger partial charge in [0.1, 0.15) is 0 Å². The standard InChI is InChI=1S/C21H12F6N2O2S/c22-20(23,24)14-3-2-13(15(9-14)21(25,26)27)10-29-6-5-12-7-11(1-4-16(12)29)8-17-18(30)28-19(31)32-17/h1-9H,10H2,(H,28,30,31)/b17-8-. The number of hydrogen-bond donors (Lipinski definition) is 1. The molecular formula is C21H12F6N2O2S. The highest BCUT2D eigenvalue weighted by molar-refractivity contribution is 8.18. The highest BCUT2D eigenvalue weighted by Gasteiger charge is 2.38. The summed E-state index contributed by atoms with van der Waals surface area (Å²) in [5.41, 5.74) is -1.85. The van der Waals surface area contributed by atoms with Crippen molar-refractivity contribution in [3.05, 3.63) is 75.8 Å². The Hall–Kier alpha value is -3.21. The van der Waals surface area contributed by atoms with Crippen LogP contribution in [0.15, 0.2) is 53.6 Å². The van der Waals surface area contributed by atoms with Crippen LogP contribution in [0.4, 0.5) is 31.1 Å². The molecule has 1 fully saturated rings. The number of amides is 2. The molecule has 1 aliphatic rings. The van der Waals surface area contributed by atoms with Crippen LogP contribution < -0.4 is 5.32 Å². The average Bonchev–Trinajstić information content (AvgIpc) is 3.22. The zero-order chi connectivity index (χ0) is 23.3. The summed E-state index contributed by atoms with van der Waals surface area (Å²) in [7, 11) is 0. The van der Waals surface area contributed by atoms with Gasteiger partial charge < -0.3 is 4.57 Å². The average molecular weight is 470 g/mol. The first-order valence-corrected chi connectivity index (χ1v) is 9.84. The first kappa shape index (κ1) is 22.0. The van der Waals surface area contributed by atoms with Gasteiger partial charge in [-0.2, -0.15) is 26.3 Å². The molecule has 0 atom stereocenters. The van der Waals surface area contributed by atoms with E-state index in [1.54, 1.807) is 24.3 Å². The maximum Gasteiger partial charge on any atom is 0.416 e. The molecule has 0 spiro atoms. The molecule has 4 nitrogen and oxygen atoms in total. The molecule has 0 bridgehead atoms. The minimum absolute atomic E-state index is 0.122. The number of hydrogen-bond acceptors (Lipinski definition) is 3. The molecular weight excluding hydrogens is 458 g/mol. The van der Waals surface area contributed by atoms with Crippen molar-refractivity contribution < 1.29 is 35.9 Å². The van der Waals surface area contributed by atoms with Crippen LogP contribution in [-0.2, 0) is 23.7 Å². The molecule has 2 aromatic carbocycles. The van der Waals surface area contributed by atoms with Crippen molar-refractivity contribution in [3.8, 4) is 0 Å². The van der Waals surface area contributed by atoms with Gasteiger partial charge in [-0.15, -0.1) is 0 Å². The Morgan fingerprint density at radius 2 is 1.69 bits per heavy atom. The molecule has 3 aromatic rings. The SMILES string of the molecule is O=C1NC(=O)/C(=C/c2ccc3c(ccn3Cc3ccc(C(F)(F)F)cc3C(F)(F)F)c2)S1. The van der Waals surface area contributed by atoms with Crippen molar-refractivity contribution in [3.63, 3.8) is 0 Å². The van der Waals surface area contributed by atoms with Crippen LogP contribution in [0.1, 0.15) is 22.3 Å². The molecule has 1 saturated heterocycles. The maximum absolute atomic E-state index is 13.4. The van der Waals surface area contributed by atoms with Crippen molar-refractivity contribution in [2.45, 2.75) is 18.9 Å². The largest absolute Gasteiger partial charge is 0.416 e. The summed E-state index contributed by atoms with van der Waals surface area (Å²) in [5, 5.41) is 2.30. The second-order valence-corrected chi connectivity index (χ2v) is 8.00. The Morgan fingerprint density at radius 1 is 0.938 bits per heavy atom. The number of carbonyl (C=O) groups excluding carboxylic acids is 2. The second kappa shape index (κ2) is 7.73. The summed E-state index contributed by atoms with van der Waals surface area (Å²) in [4.78, 5) is 23.1. The van der Waals surface area contributed by atoms with Crippen molar-refractivity contribution in [2.24, 2.45) is 0 Å². The molecule has 2 heterocycles. The number of benzene rings is 2. The van der Waals surface area contributed by atoms with E-state index in [2.05, 4.69) is 5.32 Å². The van der Waals surface area contributed by atoms with E-state index in [0.29, 0.717) is 22.5 Å². The van der Waals surface area contributed by atoms with E-state index < -0.39 is 34.6 Å². The van der Waals surface area contributed by atoms with Gasteiger partial charge in [-0.25, -0.2) is 0 Å². The van der Waals surface area contributed by atoms with Crippen LogP contribution >= 0.6 is 11.8 Å². The van der Waals surface area contributed by atoms with Crippen LogP contribution in [-0.4, -0.2) is 15.7 Å². The predicted molar refractivity (Wildman–Crippen MR) is 107 cm³/mol. The summed E-state index contributed by atoms with van der Waals surface area (Å²) in [5.74, 6) is -0.514. The third-order valence-electron chi connectivity index (χ3n) is 4.82. The number of fused-ring (bicyclic) bond motifs is 1. The lowest BCUT2D eigenvalue weighted by Crippen LogP contribution is -2.17. The Balaban J connectivity index is 1.68. The summed E-state index contributed by atoms with van der Waals surface area (Å²) in [6.07, 6.45) is -6.79. The predicted octanol–water partition coefficient (Wildman–Crippen LogP) is 6.05. The number of carbonyl (C=O) groups is 2. The van der Waals surface area contributed by atoms with E-state index in [4.69, 9.17) is 0 Å². The first-order valence-electron chi connectivity index (χ1n) is 9.03. The van der Waals surface area contributed by atoms with E-state index >= 15 is 0 Å². The van der Waals surface area contributed by atoms with E-state index in [-0.39, 0.29) is 23.1 Å². The van der Waals surface area contributed by atoms with Gasteiger partial charge in [0.2, 0.25) is 0 Å². The van der Waals surface area contributed by atoms with Gasteiger partial charge in [0.15, 0.2) is 0 Å². The van der Waals surface area contributed by atoms with Gasteiger partial charge in [-0.05, 0) is 59.3 Å². The van der Waals surface area contributed by atoms with Crippen molar-refractivity contribution in [2.75, 3.05) is 0 Å². The summed E-state index contributed by atoms with van der Waals surface area (Å²) in [6.45, 7) is -0.288. The van der Waals surface area contributed by atoms with Crippen LogP contribution in [0.25, 0.3) is 17.0 Å². The van der Waals surface area contributed by atoms with Crippen LogP contribution in [0, 0.1) is 0 Å². The fraction of sp³-hybridized carbons (Fsp3) is 0.143. The Kier molecular flexibility index (Phi) is 5.32. The Morgan fingerprint density at radius 3 is 2.31 bits per heavy atom. The lowest BCUT2D eigenvalue weighted by molar-refractivity contribution is -0.143. The lowest BCUT2D eigenvalue weighted by Gasteiger charge is -2.17. The third kappa shape index (κ3) is 4.38. The van der Waals surface area contributed by atoms with Gasteiger partial charge in [0.05, 0.1) is 16.0 Å². The highest BCUT2D eigenvalue weighted by Crippen LogP contribution is 2.38. The molecule has 1 aromatic heterocycles. The number of imide groups is 1. The van der Waals surface area contributed by atoms with Gasteiger partial charge in [-0.3, -0.25) is 14.9 Å². The smallest absolute Gasteiger partial charge is 0.343 e. The van der Waals surface area contributed by atoms with Crippen molar-refractivity contribution in [1.29, 1.82) is 0 Å². The summed E-state index contributed by atoms with van der Waals surface area (Å²) >= 11 is 0.757. The fourth-order valence-corrected chi connectivity index (χ4v) is 4.04. The topological polar surface area (TPSA) is 51.1 Å². The van der Waals surface area contributed by atoms with E-state index in [1.807, 2.05) is 0 Å². The Bertz CT molecular complexity index is 1270. The number of thioether (sulfide) groups is 1. The molecule has 11 heteroatoms. The molecule has 32 heavy (non-hydrogen) atoms. The van der Waals surface area contributed by atoms with Gasteiger partial charge in [-0.1, -0.05) is 12.1 Å². The monoisotopic (exact) mass is 470 g/mol. The molecule has 1 aliphatic heterocycles. The molecule has 166 valence electrons. The quantitative estimate of drug-likeness (QED) is 0.375. The number of aromatic nitrogens is 1. The number of halogens is 6.